The monoisotopic (exact) mass is 667 g/mol. The van der Waals surface area contributed by atoms with Gasteiger partial charge in [-0.3, -0.25) is 0 Å². The third-order valence-electron chi connectivity index (χ3n) is 9.77. The van der Waals surface area contributed by atoms with Crippen molar-refractivity contribution in [2.24, 2.45) is 0 Å². The first-order valence-corrected chi connectivity index (χ1v) is 17.8. The van der Waals surface area contributed by atoms with Crippen LogP contribution < -0.4 is 9.80 Å². The minimum absolute atomic E-state index is 0.855. The second-order valence-electron chi connectivity index (χ2n) is 13.1. The van der Waals surface area contributed by atoms with Crippen molar-refractivity contribution in [3.05, 3.63) is 223 Å². The van der Waals surface area contributed by atoms with Gasteiger partial charge in [0.25, 0.3) is 0 Å². The van der Waals surface area contributed by atoms with Gasteiger partial charge in [0.05, 0.1) is 11.0 Å². The maximum atomic E-state index is 2.36. The molecule has 1 aromatic heterocycles. The van der Waals surface area contributed by atoms with Gasteiger partial charge in [-0.05, 0) is 115 Å². The van der Waals surface area contributed by atoms with E-state index in [-0.39, 0.29) is 0 Å². The highest BCUT2D eigenvalue weighted by Gasteiger charge is 2.17. The van der Waals surface area contributed by atoms with Crippen molar-refractivity contribution >= 4 is 55.9 Å². The summed E-state index contributed by atoms with van der Waals surface area (Å²) in [6.45, 7) is 0. The van der Waals surface area contributed by atoms with Gasteiger partial charge in [0, 0.05) is 50.6 Å². The van der Waals surface area contributed by atoms with Crippen LogP contribution in [0.4, 0.5) is 34.1 Å². The predicted octanol–water partition coefficient (Wildman–Crippen LogP) is 13.3. The largest absolute Gasteiger partial charge is 0.311 e. The lowest BCUT2D eigenvalue weighted by Gasteiger charge is -2.26. The summed E-state index contributed by atoms with van der Waals surface area (Å²) in [5.74, 6) is 0. The number of benzene rings is 8. The van der Waals surface area contributed by atoms with E-state index in [0.717, 1.165) is 46.2 Å². The fourth-order valence-electron chi connectivity index (χ4n) is 7.34. The van der Waals surface area contributed by atoms with E-state index in [1.165, 1.54) is 32.9 Å². The zero-order chi connectivity index (χ0) is 34.7. The van der Waals surface area contributed by atoms with Crippen LogP contribution in [-0.4, -0.2) is 4.57 Å². The quantitative estimate of drug-likeness (QED) is 0.152. The van der Waals surface area contributed by atoms with Crippen LogP contribution in [0.25, 0.3) is 27.5 Å². The summed E-state index contributed by atoms with van der Waals surface area (Å²) in [6.07, 6.45) is 0.855. The molecule has 0 saturated carbocycles. The minimum Gasteiger partial charge on any atom is -0.311 e. The molecule has 248 valence electrons. The number of para-hydroxylation sites is 5. The molecular weight excluding hydrogens is 631 g/mol. The molecule has 0 bridgehead atoms. The molecule has 0 radical (unpaired) electrons. The second-order valence-corrected chi connectivity index (χ2v) is 13.1. The van der Waals surface area contributed by atoms with Gasteiger partial charge in [0.15, 0.2) is 0 Å². The summed E-state index contributed by atoms with van der Waals surface area (Å²) < 4.78 is 2.36. The third kappa shape index (κ3) is 5.99. The Bertz CT molecular complexity index is 2520. The van der Waals surface area contributed by atoms with E-state index < -0.39 is 0 Å². The Labute approximate surface area is 304 Å². The Kier molecular flexibility index (Phi) is 8.28. The summed E-state index contributed by atoms with van der Waals surface area (Å²) in [5.41, 5.74) is 12.9. The van der Waals surface area contributed by atoms with Crippen LogP contribution in [0.1, 0.15) is 11.1 Å². The van der Waals surface area contributed by atoms with Crippen LogP contribution in [0.3, 0.4) is 0 Å². The van der Waals surface area contributed by atoms with Gasteiger partial charge in [-0.1, -0.05) is 115 Å². The molecule has 0 N–H and O–H groups in total. The Morgan fingerprint density at radius 3 is 1.21 bits per heavy atom. The highest BCUT2D eigenvalue weighted by Crippen LogP contribution is 2.40. The fourth-order valence-corrected chi connectivity index (χ4v) is 7.34. The standard InChI is InChI=1S/C49H37N3/c1-5-15-39(16-6-1)50(40-17-7-2-8-18-40)43-29-25-37(26-30-43)35-38-27-31-44(32-28-38)51(41-19-9-3-10-20-41)45-33-34-49-47(36-45)46-23-13-14-24-48(46)52(49)42-21-11-4-12-22-42/h1-34,36H,35H2. The molecule has 3 heteroatoms. The molecule has 0 spiro atoms. The molecule has 0 aliphatic carbocycles. The molecule has 3 nitrogen and oxygen atoms in total. The highest BCUT2D eigenvalue weighted by atomic mass is 15.1. The molecule has 0 saturated heterocycles. The maximum absolute atomic E-state index is 2.36. The van der Waals surface area contributed by atoms with Crippen LogP contribution in [0.5, 0.6) is 0 Å². The first-order chi connectivity index (χ1) is 25.8. The van der Waals surface area contributed by atoms with Gasteiger partial charge in [-0.15, -0.1) is 0 Å². The SMILES string of the molecule is c1ccc(N(c2ccccc2)c2ccc(Cc3ccc(N(c4ccccc4)c4ccc5c(c4)c4ccccc4n5-c4ccccc4)cc3)cc2)cc1. The van der Waals surface area contributed by atoms with Crippen molar-refractivity contribution < 1.29 is 0 Å². The third-order valence-corrected chi connectivity index (χ3v) is 9.77. The Morgan fingerprint density at radius 1 is 0.308 bits per heavy atom. The van der Waals surface area contributed by atoms with E-state index in [2.05, 4.69) is 227 Å². The highest BCUT2D eigenvalue weighted by molar-refractivity contribution is 6.10. The number of hydrogen-bond acceptors (Lipinski definition) is 2. The van der Waals surface area contributed by atoms with Crippen molar-refractivity contribution in [3.63, 3.8) is 0 Å². The molecule has 0 fully saturated rings. The zero-order valence-electron chi connectivity index (χ0n) is 28.8. The van der Waals surface area contributed by atoms with E-state index in [1.807, 2.05) is 0 Å². The van der Waals surface area contributed by atoms with Crippen LogP contribution in [0, 0.1) is 0 Å². The zero-order valence-corrected chi connectivity index (χ0v) is 28.8. The molecule has 0 atom stereocenters. The number of rotatable bonds is 9. The average Bonchev–Trinajstić information content (AvgIpc) is 3.55. The van der Waals surface area contributed by atoms with Crippen molar-refractivity contribution in [2.75, 3.05) is 9.80 Å². The van der Waals surface area contributed by atoms with Crippen molar-refractivity contribution in [2.45, 2.75) is 6.42 Å². The lowest BCUT2D eigenvalue weighted by molar-refractivity contribution is 1.17. The van der Waals surface area contributed by atoms with E-state index in [4.69, 9.17) is 0 Å². The molecule has 0 aliphatic rings. The van der Waals surface area contributed by atoms with E-state index in [1.54, 1.807) is 0 Å². The van der Waals surface area contributed by atoms with Crippen LogP contribution in [-0.2, 0) is 6.42 Å². The van der Waals surface area contributed by atoms with Crippen LogP contribution in [0.2, 0.25) is 0 Å². The first-order valence-electron chi connectivity index (χ1n) is 17.8. The number of fused-ring (bicyclic) bond motifs is 3. The number of hydrogen-bond donors (Lipinski definition) is 0. The molecule has 0 aliphatic heterocycles. The van der Waals surface area contributed by atoms with Gasteiger partial charge in [0.1, 0.15) is 0 Å². The summed E-state index contributed by atoms with van der Waals surface area (Å²) in [4.78, 5) is 4.65. The first kappa shape index (κ1) is 31.2. The van der Waals surface area contributed by atoms with Crippen molar-refractivity contribution in [1.29, 1.82) is 0 Å². The lowest BCUT2D eigenvalue weighted by Crippen LogP contribution is -2.10. The summed E-state index contributed by atoms with van der Waals surface area (Å²) in [6, 6.07) is 75.9. The van der Waals surface area contributed by atoms with Gasteiger partial charge in [-0.2, -0.15) is 0 Å². The average molecular weight is 668 g/mol. The molecule has 1 heterocycles. The molecule has 0 amide bonds. The van der Waals surface area contributed by atoms with Crippen LogP contribution >= 0.6 is 0 Å². The van der Waals surface area contributed by atoms with E-state index in [0.29, 0.717) is 0 Å². The fraction of sp³-hybridized carbons (Fsp3) is 0.0204. The van der Waals surface area contributed by atoms with Crippen LogP contribution in [0.15, 0.2) is 212 Å². The molecule has 9 aromatic rings. The minimum atomic E-state index is 0.855. The number of aromatic nitrogens is 1. The Morgan fingerprint density at radius 2 is 0.692 bits per heavy atom. The Hall–Kier alpha value is -6.84. The molecular formula is C49H37N3. The van der Waals surface area contributed by atoms with Gasteiger partial charge < -0.3 is 14.4 Å². The van der Waals surface area contributed by atoms with Gasteiger partial charge in [-0.25, -0.2) is 0 Å². The maximum Gasteiger partial charge on any atom is 0.0542 e. The summed E-state index contributed by atoms with van der Waals surface area (Å²) in [7, 11) is 0. The van der Waals surface area contributed by atoms with E-state index >= 15 is 0 Å². The predicted molar refractivity (Wildman–Crippen MR) is 219 cm³/mol. The summed E-state index contributed by atoms with van der Waals surface area (Å²) >= 11 is 0. The lowest BCUT2D eigenvalue weighted by atomic mass is 10.0. The normalized spacial score (nSPS) is 11.2. The molecule has 8 aromatic carbocycles. The van der Waals surface area contributed by atoms with E-state index in [9.17, 15) is 0 Å². The smallest absolute Gasteiger partial charge is 0.0542 e. The van der Waals surface area contributed by atoms with Crippen molar-refractivity contribution in [3.8, 4) is 5.69 Å². The number of anilines is 6. The summed E-state index contributed by atoms with van der Waals surface area (Å²) in [5, 5.41) is 2.48. The van der Waals surface area contributed by atoms with Crippen molar-refractivity contribution in [1.82, 2.24) is 4.57 Å². The van der Waals surface area contributed by atoms with Gasteiger partial charge >= 0.3 is 0 Å². The van der Waals surface area contributed by atoms with Gasteiger partial charge in [0.2, 0.25) is 0 Å². The number of nitrogens with zero attached hydrogens (tertiary/aromatic N) is 3. The molecule has 9 rings (SSSR count). The topological polar surface area (TPSA) is 11.4 Å². The Balaban J connectivity index is 1.03. The molecule has 0 unspecified atom stereocenters. The molecule has 52 heavy (non-hydrogen) atoms. The second kappa shape index (κ2) is 13.8.